The van der Waals surface area contributed by atoms with Crippen molar-refractivity contribution in [1.29, 1.82) is 0 Å². The van der Waals surface area contributed by atoms with E-state index in [0.717, 1.165) is 22.8 Å². The molecule has 0 aromatic heterocycles. The lowest BCUT2D eigenvalue weighted by atomic mass is 9.95. The average molecular weight is 361 g/mol. The number of rotatable bonds is 6. The van der Waals surface area contributed by atoms with E-state index < -0.39 is 0 Å². The minimum Gasteiger partial charge on any atom is -0.345 e. The number of nitrogens with two attached hydrogens (primary N) is 1. The Morgan fingerprint density at radius 1 is 1.00 bits per heavy atom. The number of hydrogen-bond donors (Lipinski definition) is 3. The third kappa shape index (κ3) is 4.33. The van der Waals surface area contributed by atoms with E-state index in [1.165, 1.54) is 0 Å². The molecular weight excluding hydrogens is 338 g/mol. The van der Waals surface area contributed by atoms with Gasteiger partial charge in [0.25, 0.3) is 5.91 Å². The largest absolute Gasteiger partial charge is 0.345 e. The molecule has 3 rings (SSSR count). The van der Waals surface area contributed by atoms with Gasteiger partial charge in [0.15, 0.2) is 0 Å². The molecule has 138 valence electrons. The van der Waals surface area contributed by atoms with E-state index in [1.807, 2.05) is 61.5 Å². The van der Waals surface area contributed by atoms with E-state index in [0.29, 0.717) is 11.3 Å². The summed E-state index contributed by atoms with van der Waals surface area (Å²) in [7, 11) is 0. The van der Waals surface area contributed by atoms with Crippen LogP contribution in [0.1, 0.15) is 35.3 Å². The highest BCUT2D eigenvalue weighted by Crippen LogP contribution is 2.30. The van der Waals surface area contributed by atoms with Crippen molar-refractivity contribution in [2.45, 2.75) is 19.4 Å². The van der Waals surface area contributed by atoms with E-state index in [-0.39, 0.29) is 24.4 Å². The van der Waals surface area contributed by atoms with Crippen molar-refractivity contribution in [2.24, 2.45) is 5.73 Å². The summed E-state index contributed by atoms with van der Waals surface area (Å²) in [4.78, 5) is 24.4. The lowest BCUT2D eigenvalue weighted by molar-refractivity contribution is -0.114. The van der Waals surface area contributed by atoms with Crippen LogP contribution in [0.25, 0.3) is 10.8 Å². The van der Waals surface area contributed by atoms with Crippen LogP contribution in [0.15, 0.2) is 66.7 Å². The second kappa shape index (κ2) is 8.47. The predicted octanol–water partition coefficient (Wildman–Crippen LogP) is 3.62. The second-order valence-corrected chi connectivity index (χ2v) is 6.34. The molecule has 5 heteroatoms. The molecule has 3 aromatic rings. The molecule has 0 aliphatic rings. The zero-order valence-corrected chi connectivity index (χ0v) is 15.2. The third-order valence-electron chi connectivity index (χ3n) is 4.49. The van der Waals surface area contributed by atoms with Crippen LogP contribution in [0.5, 0.6) is 0 Å². The van der Waals surface area contributed by atoms with Crippen molar-refractivity contribution in [1.82, 2.24) is 5.32 Å². The van der Waals surface area contributed by atoms with Gasteiger partial charge in [0, 0.05) is 11.3 Å². The van der Waals surface area contributed by atoms with Gasteiger partial charge < -0.3 is 16.4 Å². The van der Waals surface area contributed by atoms with Crippen LogP contribution in [0.3, 0.4) is 0 Å². The summed E-state index contributed by atoms with van der Waals surface area (Å²) < 4.78 is 0. The van der Waals surface area contributed by atoms with Gasteiger partial charge in [-0.1, -0.05) is 49.4 Å². The number of carbonyl (C=O) groups excluding carboxylic acids is 2. The van der Waals surface area contributed by atoms with Crippen LogP contribution in [0.2, 0.25) is 0 Å². The fourth-order valence-electron chi connectivity index (χ4n) is 3.14. The fourth-order valence-corrected chi connectivity index (χ4v) is 3.14. The SMILES string of the molecule is CC[C@@H](NC(=O)c1ccccc1)c1cc(NC(=O)CN)cc2ccccc12. The minimum atomic E-state index is -0.252. The van der Waals surface area contributed by atoms with Crippen molar-refractivity contribution in [3.8, 4) is 0 Å². The van der Waals surface area contributed by atoms with Crippen LogP contribution >= 0.6 is 0 Å². The Balaban J connectivity index is 1.98. The quantitative estimate of drug-likeness (QED) is 0.627. The highest BCUT2D eigenvalue weighted by molar-refractivity contribution is 5.98. The highest BCUT2D eigenvalue weighted by atomic mass is 16.2. The first-order valence-electron chi connectivity index (χ1n) is 9.01. The summed E-state index contributed by atoms with van der Waals surface area (Å²) in [6, 6.07) is 20.7. The maximum Gasteiger partial charge on any atom is 0.251 e. The summed E-state index contributed by atoms with van der Waals surface area (Å²) in [5.41, 5.74) is 7.67. The van der Waals surface area contributed by atoms with Crippen molar-refractivity contribution >= 4 is 28.3 Å². The summed E-state index contributed by atoms with van der Waals surface area (Å²) in [6.45, 7) is 1.94. The van der Waals surface area contributed by atoms with Gasteiger partial charge in [-0.3, -0.25) is 9.59 Å². The van der Waals surface area contributed by atoms with Crippen molar-refractivity contribution in [2.75, 3.05) is 11.9 Å². The standard InChI is InChI=1S/C22H23N3O2/c1-2-20(25-22(27)15-8-4-3-5-9-15)19-13-17(24-21(26)14-23)12-16-10-6-7-11-18(16)19/h3-13,20H,2,14,23H2,1H3,(H,24,26)(H,25,27)/t20-/m1/s1. The first-order valence-corrected chi connectivity index (χ1v) is 9.01. The summed E-state index contributed by atoms with van der Waals surface area (Å²) in [5.74, 6) is -0.375. The molecule has 3 aromatic carbocycles. The maximum atomic E-state index is 12.6. The molecule has 2 amide bonds. The molecule has 5 nitrogen and oxygen atoms in total. The molecule has 4 N–H and O–H groups in total. The van der Waals surface area contributed by atoms with Crippen molar-refractivity contribution in [3.63, 3.8) is 0 Å². The number of anilines is 1. The monoisotopic (exact) mass is 361 g/mol. The lowest BCUT2D eigenvalue weighted by Gasteiger charge is -2.21. The van der Waals surface area contributed by atoms with Crippen LogP contribution in [-0.2, 0) is 4.79 Å². The third-order valence-corrected chi connectivity index (χ3v) is 4.49. The number of hydrogen-bond acceptors (Lipinski definition) is 3. The normalized spacial score (nSPS) is 11.8. The van der Waals surface area contributed by atoms with Crippen LogP contribution < -0.4 is 16.4 Å². The van der Waals surface area contributed by atoms with Gasteiger partial charge in [-0.05, 0) is 47.0 Å². The molecule has 0 heterocycles. The summed E-state index contributed by atoms with van der Waals surface area (Å²) in [6.07, 6.45) is 0.719. The Morgan fingerprint density at radius 2 is 1.70 bits per heavy atom. The summed E-state index contributed by atoms with van der Waals surface area (Å²) in [5, 5.41) is 7.96. The van der Waals surface area contributed by atoms with Gasteiger partial charge in [-0.2, -0.15) is 0 Å². The molecule has 0 unspecified atom stereocenters. The fraction of sp³-hybridized carbons (Fsp3) is 0.182. The van der Waals surface area contributed by atoms with E-state index >= 15 is 0 Å². The number of fused-ring (bicyclic) bond motifs is 1. The van der Waals surface area contributed by atoms with E-state index in [2.05, 4.69) is 10.6 Å². The van der Waals surface area contributed by atoms with Gasteiger partial charge in [-0.25, -0.2) is 0 Å². The van der Waals surface area contributed by atoms with Crippen molar-refractivity contribution < 1.29 is 9.59 Å². The zero-order valence-electron chi connectivity index (χ0n) is 15.2. The molecule has 0 saturated heterocycles. The van der Waals surface area contributed by atoms with Crippen LogP contribution in [-0.4, -0.2) is 18.4 Å². The first-order chi connectivity index (χ1) is 13.1. The molecule has 0 spiro atoms. The van der Waals surface area contributed by atoms with E-state index in [4.69, 9.17) is 5.73 Å². The Labute approximate surface area is 158 Å². The zero-order chi connectivity index (χ0) is 19.2. The van der Waals surface area contributed by atoms with Crippen molar-refractivity contribution in [3.05, 3.63) is 77.9 Å². The first kappa shape index (κ1) is 18.6. The van der Waals surface area contributed by atoms with E-state index in [1.54, 1.807) is 12.1 Å². The van der Waals surface area contributed by atoms with Crippen LogP contribution in [0, 0.1) is 0 Å². The molecule has 0 aliphatic heterocycles. The molecule has 0 saturated carbocycles. The summed E-state index contributed by atoms with van der Waals surface area (Å²) >= 11 is 0. The predicted molar refractivity (Wildman–Crippen MR) is 109 cm³/mol. The van der Waals surface area contributed by atoms with Gasteiger partial charge in [0.1, 0.15) is 0 Å². The number of carbonyl (C=O) groups is 2. The lowest BCUT2D eigenvalue weighted by Crippen LogP contribution is -2.28. The minimum absolute atomic E-state index is 0.0793. The second-order valence-electron chi connectivity index (χ2n) is 6.34. The smallest absolute Gasteiger partial charge is 0.251 e. The van der Waals surface area contributed by atoms with Crippen LogP contribution in [0.4, 0.5) is 5.69 Å². The van der Waals surface area contributed by atoms with Gasteiger partial charge in [0.2, 0.25) is 5.91 Å². The molecule has 0 bridgehead atoms. The number of benzene rings is 3. The number of amides is 2. The molecule has 1 atom stereocenters. The highest BCUT2D eigenvalue weighted by Gasteiger charge is 2.17. The van der Waals surface area contributed by atoms with E-state index in [9.17, 15) is 9.59 Å². The molecule has 0 fully saturated rings. The van der Waals surface area contributed by atoms with Gasteiger partial charge >= 0.3 is 0 Å². The van der Waals surface area contributed by atoms with Gasteiger partial charge in [0.05, 0.1) is 12.6 Å². The Kier molecular flexibility index (Phi) is 5.84. The molecule has 27 heavy (non-hydrogen) atoms. The number of nitrogens with one attached hydrogen (secondary N) is 2. The molecule has 0 radical (unpaired) electrons. The molecule has 0 aliphatic carbocycles. The Morgan fingerprint density at radius 3 is 2.41 bits per heavy atom. The maximum absolute atomic E-state index is 12.6. The average Bonchev–Trinajstić information content (AvgIpc) is 2.71. The van der Waals surface area contributed by atoms with Gasteiger partial charge in [-0.15, -0.1) is 0 Å². The topological polar surface area (TPSA) is 84.2 Å². The Hall–Kier alpha value is -3.18. The Bertz CT molecular complexity index is 954. The molecular formula is C22H23N3O2.